The summed E-state index contributed by atoms with van der Waals surface area (Å²) in [6.07, 6.45) is 2.99. The molecule has 0 spiro atoms. The first-order valence-electron chi connectivity index (χ1n) is 7.23. The number of carbonyl (C=O) groups excluding carboxylic acids is 1. The predicted octanol–water partition coefficient (Wildman–Crippen LogP) is 2.06. The van der Waals surface area contributed by atoms with Gasteiger partial charge in [0.1, 0.15) is 0 Å². The summed E-state index contributed by atoms with van der Waals surface area (Å²) < 4.78 is 0. The summed E-state index contributed by atoms with van der Waals surface area (Å²) in [6, 6.07) is 10.1. The number of benzene rings is 1. The van der Waals surface area contributed by atoms with Crippen molar-refractivity contribution in [1.29, 1.82) is 0 Å². The normalized spacial score (nSPS) is 18.3. The van der Waals surface area contributed by atoms with Gasteiger partial charge in [-0.1, -0.05) is 37.3 Å². The van der Waals surface area contributed by atoms with E-state index in [9.17, 15) is 4.79 Å². The van der Waals surface area contributed by atoms with Crippen LogP contribution in [0.25, 0.3) is 0 Å². The van der Waals surface area contributed by atoms with E-state index in [2.05, 4.69) is 19.1 Å². The van der Waals surface area contributed by atoms with Crippen molar-refractivity contribution in [1.82, 2.24) is 4.90 Å². The molecule has 3 heteroatoms. The summed E-state index contributed by atoms with van der Waals surface area (Å²) in [5, 5.41) is 0. The lowest BCUT2D eigenvalue weighted by Crippen LogP contribution is -2.44. The standard InChI is InChI=1S/C16H24N2O/c1-13-7-9-18(10-8-13)16(19)15(12-17)11-14-5-3-2-4-6-14/h2-6,13,15H,7-12,17H2,1H3. The van der Waals surface area contributed by atoms with Crippen LogP contribution in [-0.2, 0) is 11.2 Å². The maximum absolute atomic E-state index is 12.5. The van der Waals surface area contributed by atoms with Gasteiger partial charge in [-0.2, -0.15) is 0 Å². The van der Waals surface area contributed by atoms with Crippen molar-refractivity contribution >= 4 is 5.91 Å². The number of hydrogen-bond donors (Lipinski definition) is 1. The Kier molecular flexibility index (Phi) is 4.97. The summed E-state index contributed by atoms with van der Waals surface area (Å²) in [5.74, 6) is 0.906. The molecule has 19 heavy (non-hydrogen) atoms. The Morgan fingerprint density at radius 2 is 1.95 bits per heavy atom. The first-order chi connectivity index (χ1) is 9.20. The zero-order valence-electron chi connectivity index (χ0n) is 11.7. The molecule has 1 aliphatic rings. The highest BCUT2D eigenvalue weighted by Gasteiger charge is 2.26. The first-order valence-corrected chi connectivity index (χ1v) is 7.23. The van der Waals surface area contributed by atoms with Crippen molar-refractivity contribution < 1.29 is 4.79 Å². The lowest BCUT2D eigenvalue weighted by atomic mass is 9.94. The van der Waals surface area contributed by atoms with Gasteiger partial charge in [-0.3, -0.25) is 4.79 Å². The third kappa shape index (κ3) is 3.80. The smallest absolute Gasteiger partial charge is 0.227 e. The number of hydrogen-bond acceptors (Lipinski definition) is 2. The molecule has 1 aliphatic heterocycles. The molecule has 104 valence electrons. The summed E-state index contributed by atoms with van der Waals surface area (Å²) in [6.45, 7) is 4.47. The monoisotopic (exact) mass is 260 g/mol. The van der Waals surface area contributed by atoms with E-state index in [1.54, 1.807) is 0 Å². The van der Waals surface area contributed by atoms with Gasteiger partial charge in [0.15, 0.2) is 0 Å². The highest BCUT2D eigenvalue weighted by molar-refractivity contribution is 5.79. The highest BCUT2D eigenvalue weighted by atomic mass is 16.2. The number of amides is 1. The van der Waals surface area contributed by atoms with Crippen LogP contribution < -0.4 is 5.73 Å². The molecule has 1 saturated heterocycles. The Hall–Kier alpha value is -1.35. The molecule has 2 N–H and O–H groups in total. The third-order valence-electron chi connectivity index (χ3n) is 4.05. The molecule has 1 atom stereocenters. The maximum Gasteiger partial charge on any atom is 0.227 e. The fraction of sp³-hybridized carbons (Fsp3) is 0.562. The number of piperidine rings is 1. The van der Waals surface area contributed by atoms with Crippen LogP contribution in [0.5, 0.6) is 0 Å². The topological polar surface area (TPSA) is 46.3 Å². The van der Waals surface area contributed by atoms with Crippen molar-refractivity contribution in [2.24, 2.45) is 17.6 Å². The van der Waals surface area contributed by atoms with Crippen LogP contribution in [0.4, 0.5) is 0 Å². The largest absolute Gasteiger partial charge is 0.342 e. The molecule has 1 aromatic carbocycles. The molecule has 0 saturated carbocycles. The van der Waals surface area contributed by atoms with Gasteiger partial charge in [-0.15, -0.1) is 0 Å². The van der Waals surface area contributed by atoms with Crippen molar-refractivity contribution in [2.45, 2.75) is 26.2 Å². The molecule has 1 aromatic rings. The molecule has 0 aliphatic carbocycles. The van der Waals surface area contributed by atoms with Gasteiger partial charge < -0.3 is 10.6 Å². The van der Waals surface area contributed by atoms with Crippen molar-refractivity contribution in [3.8, 4) is 0 Å². The van der Waals surface area contributed by atoms with Gasteiger partial charge in [0.05, 0.1) is 5.92 Å². The average Bonchev–Trinajstić information content (AvgIpc) is 2.46. The number of rotatable bonds is 4. The number of nitrogens with two attached hydrogens (primary N) is 1. The van der Waals surface area contributed by atoms with Crippen LogP contribution in [0.1, 0.15) is 25.3 Å². The predicted molar refractivity (Wildman–Crippen MR) is 77.7 cm³/mol. The SMILES string of the molecule is CC1CCN(C(=O)C(CN)Cc2ccccc2)CC1. The molecule has 3 nitrogen and oxygen atoms in total. The summed E-state index contributed by atoms with van der Waals surface area (Å²) in [7, 11) is 0. The molecule has 0 bridgehead atoms. The van der Waals surface area contributed by atoms with Crippen LogP contribution in [0.2, 0.25) is 0 Å². The van der Waals surface area contributed by atoms with E-state index >= 15 is 0 Å². The minimum atomic E-state index is -0.0733. The summed E-state index contributed by atoms with van der Waals surface area (Å²) in [5.41, 5.74) is 7.00. The molecular weight excluding hydrogens is 236 g/mol. The summed E-state index contributed by atoms with van der Waals surface area (Å²) >= 11 is 0. The van der Waals surface area contributed by atoms with Gasteiger partial charge in [0, 0.05) is 19.6 Å². The van der Waals surface area contributed by atoms with E-state index in [1.165, 1.54) is 5.56 Å². The Morgan fingerprint density at radius 3 is 2.53 bits per heavy atom. The highest BCUT2D eigenvalue weighted by Crippen LogP contribution is 2.19. The Bertz CT molecular complexity index is 396. The van der Waals surface area contributed by atoms with Crippen LogP contribution >= 0.6 is 0 Å². The van der Waals surface area contributed by atoms with E-state index < -0.39 is 0 Å². The quantitative estimate of drug-likeness (QED) is 0.900. The Morgan fingerprint density at radius 1 is 1.32 bits per heavy atom. The van der Waals surface area contributed by atoms with E-state index in [0.717, 1.165) is 38.3 Å². The maximum atomic E-state index is 12.5. The van der Waals surface area contributed by atoms with Gasteiger partial charge in [0.2, 0.25) is 5.91 Å². The molecule has 0 aromatic heterocycles. The zero-order chi connectivity index (χ0) is 13.7. The Balaban J connectivity index is 1.95. The van der Waals surface area contributed by atoms with Gasteiger partial charge in [0.25, 0.3) is 0 Å². The van der Waals surface area contributed by atoms with Gasteiger partial charge in [-0.05, 0) is 30.7 Å². The molecule has 1 amide bonds. The Labute approximate surface area is 115 Å². The molecule has 2 rings (SSSR count). The second-order valence-electron chi connectivity index (χ2n) is 5.63. The van der Waals surface area contributed by atoms with E-state index in [4.69, 9.17) is 5.73 Å². The number of carbonyl (C=O) groups is 1. The minimum Gasteiger partial charge on any atom is -0.342 e. The lowest BCUT2D eigenvalue weighted by Gasteiger charge is -2.32. The van der Waals surface area contributed by atoms with Crippen LogP contribution in [0.3, 0.4) is 0 Å². The third-order valence-corrected chi connectivity index (χ3v) is 4.05. The lowest BCUT2D eigenvalue weighted by molar-refractivity contribution is -0.136. The van der Waals surface area contributed by atoms with Crippen molar-refractivity contribution in [3.05, 3.63) is 35.9 Å². The van der Waals surface area contributed by atoms with E-state index in [0.29, 0.717) is 6.54 Å². The van der Waals surface area contributed by atoms with Gasteiger partial charge >= 0.3 is 0 Å². The molecule has 0 radical (unpaired) electrons. The van der Waals surface area contributed by atoms with E-state index in [-0.39, 0.29) is 11.8 Å². The fourth-order valence-corrected chi connectivity index (χ4v) is 2.66. The second-order valence-corrected chi connectivity index (χ2v) is 5.63. The molecule has 1 heterocycles. The molecule has 1 unspecified atom stereocenters. The van der Waals surface area contributed by atoms with Crippen LogP contribution in [-0.4, -0.2) is 30.4 Å². The van der Waals surface area contributed by atoms with Crippen LogP contribution in [0.15, 0.2) is 30.3 Å². The van der Waals surface area contributed by atoms with Crippen LogP contribution in [0, 0.1) is 11.8 Å². The van der Waals surface area contributed by atoms with Gasteiger partial charge in [-0.25, -0.2) is 0 Å². The molecular formula is C16H24N2O. The average molecular weight is 260 g/mol. The second kappa shape index (κ2) is 6.71. The van der Waals surface area contributed by atoms with Crippen molar-refractivity contribution in [3.63, 3.8) is 0 Å². The number of nitrogens with zero attached hydrogens (tertiary/aromatic N) is 1. The van der Waals surface area contributed by atoms with Crippen molar-refractivity contribution in [2.75, 3.05) is 19.6 Å². The zero-order valence-corrected chi connectivity index (χ0v) is 11.7. The fourth-order valence-electron chi connectivity index (χ4n) is 2.66. The first kappa shape index (κ1) is 14.1. The minimum absolute atomic E-state index is 0.0733. The molecule has 1 fully saturated rings. The summed E-state index contributed by atoms with van der Waals surface area (Å²) in [4.78, 5) is 14.5. The number of likely N-dealkylation sites (tertiary alicyclic amines) is 1. The van der Waals surface area contributed by atoms with E-state index in [1.807, 2.05) is 23.1 Å².